The second kappa shape index (κ2) is 8.45. The average Bonchev–Trinajstić information content (AvgIpc) is 3.04. The third-order valence-electron chi connectivity index (χ3n) is 4.34. The third kappa shape index (κ3) is 4.55. The minimum Gasteiger partial charge on any atom is -0.352 e. The first-order valence-electron chi connectivity index (χ1n) is 8.90. The standard InChI is InChI=1S/C21H14ClF3N2OS2/c22-14-7-10-29-19(14)18-13-3-1-2-4-16(13)30-17-6-5-12(11-15(17)27-18)20(28)26-9-8-21(23,24)25/h1-7,10-11H,8-9H2,(H,26,28). The molecule has 9 heteroatoms. The van der Waals surface area contributed by atoms with Gasteiger partial charge in [0.15, 0.2) is 0 Å². The maximum atomic E-state index is 12.3. The van der Waals surface area contributed by atoms with Gasteiger partial charge >= 0.3 is 6.18 Å². The Hall–Kier alpha value is -2.29. The van der Waals surface area contributed by atoms with Crippen molar-refractivity contribution in [1.29, 1.82) is 0 Å². The molecule has 1 aliphatic rings. The molecule has 3 aromatic rings. The van der Waals surface area contributed by atoms with Crippen LogP contribution in [0, 0.1) is 0 Å². The first-order chi connectivity index (χ1) is 14.3. The van der Waals surface area contributed by atoms with E-state index in [4.69, 9.17) is 16.6 Å². The molecule has 154 valence electrons. The molecule has 0 aliphatic carbocycles. The van der Waals surface area contributed by atoms with Crippen LogP contribution in [-0.2, 0) is 0 Å². The maximum Gasteiger partial charge on any atom is 0.390 e. The van der Waals surface area contributed by atoms with Crippen molar-refractivity contribution >= 4 is 52.0 Å². The SMILES string of the molecule is O=C(NCCC(F)(F)F)c1ccc2c(c1)N=C(c1sccc1Cl)c1ccccc1S2. The monoisotopic (exact) mass is 466 g/mol. The lowest BCUT2D eigenvalue weighted by atomic mass is 10.1. The van der Waals surface area contributed by atoms with Crippen LogP contribution in [0.25, 0.3) is 0 Å². The molecule has 1 aliphatic heterocycles. The van der Waals surface area contributed by atoms with Crippen molar-refractivity contribution < 1.29 is 18.0 Å². The lowest BCUT2D eigenvalue weighted by Crippen LogP contribution is -2.27. The molecular formula is C21H14ClF3N2OS2. The summed E-state index contributed by atoms with van der Waals surface area (Å²) in [5.74, 6) is -0.570. The highest BCUT2D eigenvalue weighted by Gasteiger charge is 2.27. The van der Waals surface area contributed by atoms with Gasteiger partial charge in [0.25, 0.3) is 5.91 Å². The molecule has 0 bridgehead atoms. The molecule has 0 radical (unpaired) electrons. The highest BCUT2D eigenvalue weighted by molar-refractivity contribution is 7.99. The maximum absolute atomic E-state index is 12.3. The van der Waals surface area contributed by atoms with Gasteiger partial charge in [-0.25, -0.2) is 4.99 Å². The number of benzene rings is 2. The van der Waals surface area contributed by atoms with Crippen LogP contribution in [0.5, 0.6) is 0 Å². The van der Waals surface area contributed by atoms with Crippen molar-refractivity contribution in [2.24, 2.45) is 4.99 Å². The zero-order valence-corrected chi connectivity index (χ0v) is 17.7. The minimum absolute atomic E-state index is 0.253. The zero-order chi connectivity index (χ0) is 21.3. The molecule has 30 heavy (non-hydrogen) atoms. The van der Waals surface area contributed by atoms with Crippen LogP contribution in [0.3, 0.4) is 0 Å². The molecule has 1 amide bonds. The van der Waals surface area contributed by atoms with E-state index >= 15 is 0 Å². The molecule has 4 rings (SSSR count). The molecule has 1 N–H and O–H groups in total. The number of aliphatic imine (C=N–C) groups is 1. The molecule has 0 fully saturated rings. The summed E-state index contributed by atoms with van der Waals surface area (Å²) in [5, 5.41) is 4.78. The predicted molar refractivity (Wildman–Crippen MR) is 115 cm³/mol. The van der Waals surface area contributed by atoms with Crippen molar-refractivity contribution in [3.8, 4) is 0 Å². The second-order valence-corrected chi connectivity index (χ2v) is 8.87. The van der Waals surface area contributed by atoms with Gasteiger partial charge in [0.2, 0.25) is 0 Å². The lowest BCUT2D eigenvalue weighted by Gasteiger charge is -2.09. The highest BCUT2D eigenvalue weighted by atomic mass is 35.5. The Bertz CT molecular complexity index is 1140. The molecule has 0 saturated carbocycles. The summed E-state index contributed by atoms with van der Waals surface area (Å²) >= 11 is 9.35. The zero-order valence-electron chi connectivity index (χ0n) is 15.3. The van der Waals surface area contributed by atoms with Crippen molar-refractivity contribution in [3.63, 3.8) is 0 Å². The van der Waals surface area contributed by atoms with E-state index in [9.17, 15) is 18.0 Å². The average molecular weight is 467 g/mol. The largest absolute Gasteiger partial charge is 0.390 e. The summed E-state index contributed by atoms with van der Waals surface area (Å²) < 4.78 is 37.0. The van der Waals surface area contributed by atoms with E-state index in [-0.39, 0.29) is 5.56 Å². The van der Waals surface area contributed by atoms with Crippen LogP contribution in [0.1, 0.15) is 27.2 Å². The summed E-state index contributed by atoms with van der Waals surface area (Å²) in [6.07, 6.45) is -5.39. The highest BCUT2D eigenvalue weighted by Crippen LogP contribution is 2.42. The Morgan fingerprint density at radius 3 is 2.63 bits per heavy atom. The van der Waals surface area contributed by atoms with Crippen molar-refractivity contribution in [2.45, 2.75) is 22.4 Å². The molecule has 2 aromatic carbocycles. The fourth-order valence-electron chi connectivity index (χ4n) is 2.94. The molecular weight excluding hydrogens is 453 g/mol. The normalized spacial score (nSPS) is 13.1. The number of hydrogen-bond donors (Lipinski definition) is 1. The van der Waals surface area contributed by atoms with Crippen molar-refractivity contribution in [1.82, 2.24) is 5.32 Å². The van der Waals surface area contributed by atoms with E-state index < -0.39 is 25.0 Å². The van der Waals surface area contributed by atoms with Gasteiger partial charge in [0.1, 0.15) is 0 Å². The topological polar surface area (TPSA) is 41.5 Å². The van der Waals surface area contributed by atoms with Crippen molar-refractivity contribution in [2.75, 3.05) is 6.54 Å². The van der Waals surface area contributed by atoms with Crippen LogP contribution in [0.2, 0.25) is 5.02 Å². The number of nitrogens with one attached hydrogen (secondary N) is 1. The fourth-order valence-corrected chi connectivity index (χ4v) is 5.09. The quantitative estimate of drug-likeness (QED) is 0.363. The van der Waals surface area contributed by atoms with Crippen LogP contribution in [0.15, 0.2) is 68.7 Å². The van der Waals surface area contributed by atoms with E-state index in [2.05, 4.69) is 5.32 Å². The van der Waals surface area contributed by atoms with Crippen LogP contribution < -0.4 is 5.32 Å². The van der Waals surface area contributed by atoms with Gasteiger partial charge < -0.3 is 5.32 Å². The molecule has 0 spiro atoms. The summed E-state index contributed by atoms with van der Waals surface area (Å²) in [5.41, 5.74) is 2.45. The number of rotatable bonds is 4. The predicted octanol–water partition coefficient (Wildman–Crippen LogP) is 6.72. The smallest absolute Gasteiger partial charge is 0.352 e. The van der Waals surface area contributed by atoms with Crippen LogP contribution in [-0.4, -0.2) is 24.3 Å². The van der Waals surface area contributed by atoms with Gasteiger partial charge in [-0.2, -0.15) is 13.2 Å². The summed E-state index contributed by atoms with van der Waals surface area (Å²) in [7, 11) is 0. The molecule has 2 heterocycles. The second-order valence-electron chi connectivity index (χ2n) is 6.46. The number of amides is 1. The molecule has 0 saturated heterocycles. The van der Waals surface area contributed by atoms with Gasteiger partial charge in [-0.05, 0) is 35.7 Å². The van der Waals surface area contributed by atoms with Crippen molar-refractivity contribution in [3.05, 3.63) is 74.9 Å². The summed E-state index contributed by atoms with van der Waals surface area (Å²) in [6.45, 7) is -0.473. The van der Waals surface area contributed by atoms with Crippen LogP contribution >= 0.6 is 34.7 Å². The molecule has 3 nitrogen and oxygen atoms in total. The lowest BCUT2D eigenvalue weighted by molar-refractivity contribution is -0.132. The Labute approximate surface area is 184 Å². The Kier molecular flexibility index (Phi) is 5.90. The van der Waals surface area contributed by atoms with Gasteiger partial charge in [-0.1, -0.05) is 41.6 Å². The number of fused-ring (bicyclic) bond motifs is 2. The van der Waals surface area contributed by atoms with Gasteiger partial charge in [0.05, 0.1) is 27.7 Å². The number of hydrogen-bond acceptors (Lipinski definition) is 4. The van der Waals surface area contributed by atoms with E-state index in [0.717, 1.165) is 20.2 Å². The Morgan fingerprint density at radius 2 is 1.90 bits per heavy atom. The summed E-state index contributed by atoms with van der Waals surface area (Å²) in [4.78, 5) is 19.8. The van der Waals surface area contributed by atoms with E-state index in [0.29, 0.717) is 16.4 Å². The number of nitrogens with zero attached hydrogens (tertiary/aromatic N) is 1. The molecule has 0 unspecified atom stereocenters. The first kappa shape index (κ1) is 21.0. The van der Waals surface area contributed by atoms with E-state index in [1.165, 1.54) is 23.1 Å². The Morgan fingerprint density at radius 1 is 1.10 bits per heavy atom. The number of alkyl halides is 3. The molecule has 0 atom stereocenters. The minimum atomic E-state index is -4.32. The number of carbonyl (C=O) groups is 1. The van der Waals surface area contributed by atoms with Crippen LogP contribution in [0.4, 0.5) is 18.9 Å². The fraction of sp³-hybridized carbons (Fsp3) is 0.143. The van der Waals surface area contributed by atoms with Gasteiger partial charge in [0, 0.05) is 27.5 Å². The van der Waals surface area contributed by atoms with Gasteiger partial charge in [-0.15, -0.1) is 11.3 Å². The third-order valence-corrected chi connectivity index (χ3v) is 6.83. The van der Waals surface area contributed by atoms with Gasteiger partial charge in [-0.3, -0.25) is 4.79 Å². The van der Waals surface area contributed by atoms with E-state index in [1.807, 2.05) is 29.6 Å². The number of halogens is 4. The first-order valence-corrected chi connectivity index (χ1v) is 11.0. The van der Waals surface area contributed by atoms with E-state index in [1.54, 1.807) is 24.3 Å². The number of thiophene rings is 1. The summed E-state index contributed by atoms with van der Waals surface area (Å²) in [6, 6.07) is 14.6. The number of carbonyl (C=O) groups excluding carboxylic acids is 1. The molecule has 1 aromatic heterocycles. The Balaban J connectivity index is 1.71.